The summed E-state index contributed by atoms with van der Waals surface area (Å²) in [6, 6.07) is 6.92. The number of rotatable bonds is 5. The fraction of sp³-hybridized carbons (Fsp3) is 0.462. The highest BCUT2D eigenvalue weighted by atomic mass is 32.2. The topological polar surface area (TPSA) is 83.7 Å². The zero-order chi connectivity index (χ0) is 14.8. The molecule has 2 N–H and O–H groups in total. The summed E-state index contributed by atoms with van der Waals surface area (Å²) in [4.78, 5) is 15.4. The van der Waals surface area contributed by atoms with Crippen LogP contribution in [0, 0.1) is 0 Å². The van der Waals surface area contributed by atoms with Crippen LogP contribution < -0.4 is 10.6 Å². The standard InChI is InChI=1S/C13H19N3O3S/c1-2-20(18,19)10-9-15-7-8-16(13(15)17)12-5-3-11(14)4-6-12/h3-6H,2,7-10,14H2,1H3. The van der Waals surface area contributed by atoms with Crippen molar-refractivity contribution in [3.05, 3.63) is 24.3 Å². The maximum Gasteiger partial charge on any atom is 0.324 e. The number of carbonyl (C=O) groups excluding carboxylic acids is 1. The van der Waals surface area contributed by atoms with Crippen LogP contribution in [0.2, 0.25) is 0 Å². The lowest BCUT2D eigenvalue weighted by Crippen LogP contribution is -2.35. The van der Waals surface area contributed by atoms with E-state index >= 15 is 0 Å². The van der Waals surface area contributed by atoms with Gasteiger partial charge in [-0.1, -0.05) is 6.92 Å². The Labute approximate surface area is 119 Å². The summed E-state index contributed by atoms with van der Waals surface area (Å²) < 4.78 is 23.0. The van der Waals surface area contributed by atoms with Crippen LogP contribution in [0.15, 0.2) is 24.3 Å². The Bertz CT molecular complexity index is 583. The number of sulfone groups is 1. The predicted molar refractivity (Wildman–Crippen MR) is 79.5 cm³/mol. The van der Waals surface area contributed by atoms with Gasteiger partial charge in [-0.05, 0) is 24.3 Å². The van der Waals surface area contributed by atoms with Gasteiger partial charge in [0.05, 0.1) is 5.75 Å². The fourth-order valence-electron chi connectivity index (χ4n) is 2.08. The molecule has 1 fully saturated rings. The number of nitrogens with zero attached hydrogens (tertiary/aromatic N) is 2. The van der Waals surface area contributed by atoms with E-state index in [4.69, 9.17) is 5.73 Å². The van der Waals surface area contributed by atoms with Crippen molar-refractivity contribution in [3.8, 4) is 0 Å². The van der Waals surface area contributed by atoms with Crippen LogP contribution in [-0.4, -0.2) is 50.5 Å². The number of nitrogen functional groups attached to an aromatic ring is 1. The molecule has 0 bridgehead atoms. The number of carbonyl (C=O) groups is 1. The van der Waals surface area contributed by atoms with Crippen molar-refractivity contribution in [1.82, 2.24) is 4.90 Å². The molecule has 1 heterocycles. The van der Waals surface area contributed by atoms with Gasteiger partial charge in [0.2, 0.25) is 0 Å². The molecule has 0 atom stereocenters. The van der Waals surface area contributed by atoms with Crippen LogP contribution in [0.1, 0.15) is 6.92 Å². The first-order chi connectivity index (χ1) is 9.43. The van der Waals surface area contributed by atoms with E-state index in [9.17, 15) is 13.2 Å². The van der Waals surface area contributed by atoms with Gasteiger partial charge in [-0.2, -0.15) is 0 Å². The minimum Gasteiger partial charge on any atom is -0.399 e. The first-order valence-electron chi connectivity index (χ1n) is 6.55. The molecule has 1 aliphatic heterocycles. The van der Waals surface area contributed by atoms with Gasteiger partial charge in [0, 0.05) is 36.8 Å². The monoisotopic (exact) mass is 297 g/mol. The number of nitrogens with two attached hydrogens (primary N) is 1. The molecule has 0 unspecified atom stereocenters. The Morgan fingerprint density at radius 2 is 1.85 bits per heavy atom. The minimum absolute atomic E-state index is 0.0187. The van der Waals surface area contributed by atoms with Gasteiger partial charge >= 0.3 is 6.03 Å². The molecule has 1 aliphatic rings. The van der Waals surface area contributed by atoms with Gasteiger partial charge in [0.1, 0.15) is 0 Å². The van der Waals surface area contributed by atoms with Crippen LogP contribution in [0.4, 0.5) is 16.2 Å². The number of amides is 2. The average Bonchev–Trinajstić information content (AvgIpc) is 2.79. The molecule has 1 aromatic rings. The van der Waals surface area contributed by atoms with Crippen molar-refractivity contribution in [2.24, 2.45) is 0 Å². The van der Waals surface area contributed by atoms with E-state index in [0.29, 0.717) is 18.8 Å². The Hall–Kier alpha value is -1.76. The normalized spacial score (nSPS) is 15.9. The van der Waals surface area contributed by atoms with Crippen molar-refractivity contribution in [1.29, 1.82) is 0 Å². The lowest BCUT2D eigenvalue weighted by molar-refractivity contribution is 0.223. The van der Waals surface area contributed by atoms with Gasteiger partial charge in [0.25, 0.3) is 0 Å². The third-order valence-electron chi connectivity index (χ3n) is 3.41. The van der Waals surface area contributed by atoms with E-state index in [0.717, 1.165) is 5.69 Å². The van der Waals surface area contributed by atoms with Gasteiger partial charge in [-0.25, -0.2) is 13.2 Å². The molecular formula is C13H19N3O3S. The van der Waals surface area contributed by atoms with Crippen LogP contribution in [-0.2, 0) is 9.84 Å². The second-order valence-electron chi connectivity index (χ2n) is 4.75. The Balaban J connectivity index is 2.01. The number of urea groups is 1. The molecule has 0 radical (unpaired) electrons. The summed E-state index contributed by atoms with van der Waals surface area (Å²) in [5.41, 5.74) is 7.04. The molecule has 20 heavy (non-hydrogen) atoms. The molecule has 0 aromatic heterocycles. The maximum atomic E-state index is 12.2. The molecule has 1 saturated heterocycles. The van der Waals surface area contributed by atoms with Gasteiger partial charge < -0.3 is 10.6 Å². The van der Waals surface area contributed by atoms with Crippen molar-refractivity contribution in [3.63, 3.8) is 0 Å². The van der Waals surface area contributed by atoms with Crippen LogP contribution >= 0.6 is 0 Å². The number of hydrogen-bond acceptors (Lipinski definition) is 4. The first kappa shape index (κ1) is 14.6. The van der Waals surface area contributed by atoms with Crippen molar-refractivity contribution in [2.45, 2.75) is 6.92 Å². The Morgan fingerprint density at radius 1 is 1.20 bits per heavy atom. The second-order valence-corrected chi connectivity index (χ2v) is 7.22. The average molecular weight is 297 g/mol. The molecular weight excluding hydrogens is 278 g/mol. The number of anilines is 2. The van der Waals surface area contributed by atoms with E-state index in [-0.39, 0.29) is 24.1 Å². The largest absolute Gasteiger partial charge is 0.399 e. The van der Waals surface area contributed by atoms with Crippen LogP contribution in [0.25, 0.3) is 0 Å². The third-order valence-corrected chi connectivity index (χ3v) is 5.10. The quantitative estimate of drug-likeness (QED) is 0.820. The SMILES string of the molecule is CCS(=O)(=O)CCN1CCN(c2ccc(N)cc2)C1=O. The van der Waals surface area contributed by atoms with E-state index < -0.39 is 9.84 Å². The summed E-state index contributed by atoms with van der Waals surface area (Å²) in [6.45, 7) is 2.97. The van der Waals surface area contributed by atoms with Crippen molar-refractivity contribution < 1.29 is 13.2 Å². The summed E-state index contributed by atoms with van der Waals surface area (Å²) in [7, 11) is -3.05. The highest BCUT2D eigenvalue weighted by Gasteiger charge is 2.29. The lowest BCUT2D eigenvalue weighted by Gasteiger charge is -2.18. The molecule has 6 nitrogen and oxygen atoms in total. The van der Waals surface area contributed by atoms with Gasteiger partial charge in [-0.3, -0.25) is 4.90 Å². The summed E-state index contributed by atoms with van der Waals surface area (Å²) in [5.74, 6) is 0.127. The van der Waals surface area contributed by atoms with Gasteiger partial charge in [-0.15, -0.1) is 0 Å². The molecule has 2 amide bonds. The zero-order valence-electron chi connectivity index (χ0n) is 11.4. The number of benzene rings is 1. The molecule has 0 saturated carbocycles. The van der Waals surface area contributed by atoms with Crippen LogP contribution in [0.3, 0.4) is 0 Å². The minimum atomic E-state index is -3.05. The van der Waals surface area contributed by atoms with E-state index in [1.165, 1.54) is 0 Å². The van der Waals surface area contributed by atoms with E-state index in [1.807, 2.05) is 0 Å². The van der Waals surface area contributed by atoms with E-state index in [1.54, 1.807) is 41.0 Å². The summed E-state index contributed by atoms with van der Waals surface area (Å²) in [5, 5.41) is 0. The first-order valence-corrected chi connectivity index (χ1v) is 8.37. The molecule has 2 rings (SSSR count). The predicted octanol–water partition coefficient (Wildman–Crippen LogP) is 0.946. The van der Waals surface area contributed by atoms with Crippen LogP contribution in [0.5, 0.6) is 0 Å². The Morgan fingerprint density at radius 3 is 2.45 bits per heavy atom. The smallest absolute Gasteiger partial charge is 0.324 e. The third kappa shape index (κ3) is 3.22. The summed E-state index contributed by atoms with van der Waals surface area (Å²) >= 11 is 0. The Kier molecular flexibility index (Phi) is 4.17. The molecule has 110 valence electrons. The lowest BCUT2D eigenvalue weighted by atomic mass is 10.2. The molecule has 7 heteroatoms. The highest BCUT2D eigenvalue weighted by molar-refractivity contribution is 7.91. The zero-order valence-corrected chi connectivity index (χ0v) is 12.3. The summed E-state index contributed by atoms with van der Waals surface area (Å²) in [6.07, 6.45) is 0. The van der Waals surface area contributed by atoms with Gasteiger partial charge in [0.15, 0.2) is 9.84 Å². The maximum absolute atomic E-state index is 12.2. The fourth-order valence-corrected chi connectivity index (χ4v) is 2.86. The second kappa shape index (κ2) is 5.70. The number of hydrogen-bond donors (Lipinski definition) is 1. The molecule has 1 aromatic carbocycles. The highest BCUT2D eigenvalue weighted by Crippen LogP contribution is 2.21. The molecule has 0 aliphatic carbocycles. The molecule has 0 spiro atoms. The van der Waals surface area contributed by atoms with Crippen molar-refractivity contribution >= 4 is 27.2 Å². The van der Waals surface area contributed by atoms with E-state index in [2.05, 4.69) is 0 Å². The van der Waals surface area contributed by atoms with Crippen molar-refractivity contribution in [2.75, 3.05) is 41.8 Å².